The highest BCUT2D eigenvalue weighted by molar-refractivity contribution is 6.32. The number of methoxy groups -OCH3 is 1. The topological polar surface area (TPSA) is 62.8 Å². The van der Waals surface area contributed by atoms with Crippen LogP contribution in [0, 0.1) is 5.82 Å². The average molecular weight is 456 g/mol. The Morgan fingerprint density at radius 1 is 1.00 bits per heavy atom. The first-order valence-electron chi connectivity index (χ1n) is 8.40. The molecule has 0 saturated heterocycles. The van der Waals surface area contributed by atoms with Gasteiger partial charge >= 0.3 is 0 Å². The summed E-state index contributed by atoms with van der Waals surface area (Å²) < 4.78 is 24.1. The lowest BCUT2D eigenvalue weighted by molar-refractivity contribution is 0.284. The van der Waals surface area contributed by atoms with Crippen LogP contribution in [0.1, 0.15) is 11.1 Å². The average Bonchev–Trinajstić information content (AvgIpc) is 2.64. The molecule has 0 radical (unpaired) electrons. The van der Waals surface area contributed by atoms with Gasteiger partial charge in [-0.1, -0.05) is 23.7 Å². The van der Waals surface area contributed by atoms with Gasteiger partial charge in [0, 0.05) is 26.2 Å². The van der Waals surface area contributed by atoms with E-state index in [0.29, 0.717) is 29.6 Å². The van der Waals surface area contributed by atoms with Gasteiger partial charge in [0.05, 0.1) is 18.7 Å². The molecule has 0 aromatic heterocycles. The van der Waals surface area contributed by atoms with Crippen LogP contribution < -0.4 is 20.1 Å². The van der Waals surface area contributed by atoms with E-state index < -0.39 is 0 Å². The molecule has 0 aliphatic carbocycles. The molecule has 2 aromatic carbocycles. The third-order valence-electron chi connectivity index (χ3n) is 3.68. The van der Waals surface area contributed by atoms with Crippen LogP contribution in [-0.2, 0) is 13.2 Å². The molecule has 0 aliphatic heterocycles. The maximum atomic E-state index is 13.0. The zero-order chi connectivity index (χ0) is 18.8. The number of ether oxygens (including phenoxy) is 2. The van der Waals surface area contributed by atoms with Crippen molar-refractivity contribution in [1.82, 2.24) is 10.6 Å². The number of benzene rings is 2. The van der Waals surface area contributed by atoms with Gasteiger partial charge in [-0.15, -0.1) is 24.8 Å². The lowest BCUT2D eigenvalue weighted by atomic mass is 10.2. The largest absolute Gasteiger partial charge is 0.493 e. The molecule has 2 rings (SSSR count). The van der Waals surface area contributed by atoms with E-state index in [0.717, 1.165) is 24.2 Å². The highest BCUT2D eigenvalue weighted by atomic mass is 35.5. The van der Waals surface area contributed by atoms with Gasteiger partial charge in [0.25, 0.3) is 0 Å². The molecule has 2 aromatic rings. The number of nitrogens with one attached hydrogen (secondary N) is 2. The van der Waals surface area contributed by atoms with Crippen LogP contribution in [0.2, 0.25) is 5.02 Å². The van der Waals surface area contributed by atoms with E-state index in [2.05, 4.69) is 10.6 Å². The summed E-state index contributed by atoms with van der Waals surface area (Å²) in [7, 11) is 1.56. The van der Waals surface area contributed by atoms with Gasteiger partial charge in [0.15, 0.2) is 11.5 Å². The third kappa shape index (κ3) is 8.82. The summed E-state index contributed by atoms with van der Waals surface area (Å²) in [6, 6.07) is 9.82. The molecule has 0 aliphatic rings. The van der Waals surface area contributed by atoms with Gasteiger partial charge in [-0.05, 0) is 35.4 Å². The van der Waals surface area contributed by atoms with E-state index in [1.54, 1.807) is 19.2 Å². The molecule has 0 bridgehead atoms. The smallest absolute Gasteiger partial charge is 0.180 e. The van der Waals surface area contributed by atoms with Crippen LogP contribution in [0.5, 0.6) is 11.5 Å². The standard InChI is InChI=1S/C19H24ClFN2O3.2ClH/c1-25-18-11-15(12-23-7-6-22-8-9-24)10-17(20)19(18)26-13-14-2-4-16(21)5-3-14;;/h2-5,10-11,22-24H,6-9,12-13H2,1H3;2*1H. The Morgan fingerprint density at radius 3 is 2.32 bits per heavy atom. The molecule has 158 valence electrons. The predicted octanol–water partition coefficient (Wildman–Crippen LogP) is 3.58. The summed E-state index contributed by atoms with van der Waals surface area (Å²) in [6.07, 6.45) is 0. The van der Waals surface area contributed by atoms with Crippen molar-refractivity contribution < 1.29 is 19.0 Å². The van der Waals surface area contributed by atoms with E-state index in [9.17, 15) is 4.39 Å². The summed E-state index contributed by atoms with van der Waals surface area (Å²) in [5, 5.41) is 15.5. The number of hydrogen-bond donors (Lipinski definition) is 3. The molecule has 0 amide bonds. The Balaban J connectivity index is 0.00000364. The van der Waals surface area contributed by atoms with Gasteiger partial charge in [0.2, 0.25) is 0 Å². The molecule has 0 fully saturated rings. The molecule has 0 unspecified atom stereocenters. The van der Waals surface area contributed by atoms with E-state index >= 15 is 0 Å². The summed E-state index contributed by atoms with van der Waals surface area (Å²) >= 11 is 6.35. The molecular weight excluding hydrogens is 430 g/mol. The van der Waals surface area contributed by atoms with Crippen LogP contribution in [0.3, 0.4) is 0 Å². The van der Waals surface area contributed by atoms with Crippen molar-refractivity contribution in [3.05, 3.63) is 58.4 Å². The van der Waals surface area contributed by atoms with Crippen molar-refractivity contribution in [1.29, 1.82) is 0 Å². The number of aliphatic hydroxyl groups is 1. The second-order valence-electron chi connectivity index (χ2n) is 5.67. The van der Waals surface area contributed by atoms with Crippen molar-refractivity contribution in [2.24, 2.45) is 0 Å². The lowest BCUT2D eigenvalue weighted by Crippen LogP contribution is -2.28. The van der Waals surface area contributed by atoms with Gasteiger partial charge in [-0.25, -0.2) is 4.39 Å². The molecule has 28 heavy (non-hydrogen) atoms. The minimum absolute atomic E-state index is 0. The molecule has 9 heteroatoms. The summed E-state index contributed by atoms with van der Waals surface area (Å²) in [4.78, 5) is 0. The Kier molecular flexibility index (Phi) is 14.0. The molecule has 0 spiro atoms. The minimum Gasteiger partial charge on any atom is -0.493 e. The van der Waals surface area contributed by atoms with Crippen molar-refractivity contribution >= 4 is 36.4 Å². The zero-order valence-corrected chi connectivity index (χ0v) is 17.9. The molecule has 3 N–H and O–H groups in total. The predicted molar refractivity (Wildman–Crippen MR) is 115 cm³/mol. The van der Waals surface area contributed by atoms with Crippen LogP contribution in [0.4, 0.5) is 4.39 Å². The van der Waals surface area contributed by atoms with Crippen LogP contribution in [-0.4, -0.2) is 38.5 Å². The molecule has 0 atom stereocenters. The van der Waals surface area contributed by atoms with E-state index in [1.165, 1.54) is 12.1 Å². The first-order chi connectivity index (χ1) is 12.6. The summed E-state index contributed by atoms with van der Waals surface area (Å²) in [6.45, 7) is 3.15. The monoisotopic (exact) mass is 454 g/mol. The Morgan fingerprint density at radius 2 is 1.68 bits per heavy atom. The van der Waals surface area contributed by atoms with Crippen molar-refractivity contribution in [3.8, 4) is 11.5 Å². The molecule has 0 heterocycles. The van der Waals surface area contributed by atoms with E-state index in [-0.39, 0.29) is 43.8 Å². The second kappa shape index (κ2) is 14.7. The third-order valence-corrected chi connectivity index (χ3v) is 3.96. The van der Waals surface area contributed by atoms with Crippen molar-refractivity contribution in [2.45, 2.75) is 13.2 Å². The molecule has 0 saturated carbocycles. The first-order valence-corrected chi connectivity index (χ1v) is 8.77. The number of halogens is 4. The SMILES string of the molecule is COc1cc(CNCCNCCO)cc(Cl)c1OCc1ccc(F)cc1.Cl.Cl. The number of aliphatic hydroxyl groups excluding tert-OH is 1. The van der Waals surface area contributed by atoms with Gasteiger partial charge in [-0.3, -0.25) is 0 Å². The maximum Gasteiger partial charge on any atom is 0.180 e. The van der Waals surface area contributed by atoms with Gasteiger partial charge < -0.3 is 25.2 Å². The lowest BCUT2D eigenvalue weighted by Gasteiger charge is -2.15. The highest BCUT2D eigenvalue weighted by Crippen LogP contribution is 2.37. The highest BCUT2D eigenvalue weighted by Gasteiger charge is 2.12. The summed E-state index contributed by atoms with van der Waals surface area (Å²) in [5.41, 5.74) is 1.81. The van der Waals surface area contributed by atoms with E-state index in [4.69, 9.17) is 26.2 Å². The zero-order valence-electron chi connectivity index (χ0n) is 15.5. The van der Waals surface area contributed by atoms with Crippen LogP contribution >= 0.6 is 36.4 Å². The second-order valence-corrected chi connectivity index (χ2v) is 6.08. The molecular formula is C19H26Cl3FN2O3. The Hall–Kier alpha value is -1.28. The van der Waals surface area contributed by atoms with Crippen LogP contribution in [0.15, 0.2) is 36.4 Å². The fraction of sp³-hybridized carbons (Fsp3) is 0.368. The number of hydrogen-bond acceptors (Lipinski definition) is 5. The fourth-order valence-corrected chi connectivity index (χ4v) is 2.65. The Bertz CT molecular complexity index is 691. The fourth-order valence-electron chi connectivity index (χ4n) is 2.37. The first kappa shape index (κ1) is 26.7. The van der Waals surface area contributed by atoms with Gasteiger partial charge in [0.1, 0.15) is 12.4 Å². The summed E-state index contributed by atoms with van der Waals surface area (Å²) in [5.74, 6) is 0.731. The quantitative estimate of drug-likeness (QED) is 0.452. The maximum absolute atomic E-state index is 13.0. The number of rotatable bonds is 11. The normalized spacial score (nSPS) is 10.0. The van der Waals surface area contributed by atoms with Crippen LogP contribution in [0.25, 0.3) is 0 Å². The minimum atomic E-state index is -0.284. The Labute approximate surface area is 182 Å². The molecule has 5 nitrogen and oxygen atoms in total. The van der Waals surface area contributed by atoms with Crippen molar-refractivity contribution in [3.63, 3.8) is 0 Å². The van der Waals surface area contributed by atoms with Gasteiger partial charge in [-0.2, -0.15) is 0 Å². The van der Waals surface area contributed by atoms with E-state index in [1.807, 2.05) is 12.1 Å². The van der Waals surface area contributed by atoms with Crippen molar-refractivity contribution in [2.75, 3.05) is 33.4 Å².